The van der Waals surface area contributed by atoms with Gasteiger partial charge in [0.05, 0.1) is 18.8 Å². The average Bonchev–Trinajstić information content (AvgIpc) is 2.91. The van der Waals surface area contributed by atoms with E-state index in [1.807, 2.05) is 0 Å². The predicted octanol–water partition coefficient (Wildman–Crippen LogP) is 1.46. The van der Waals surface area contributed by atoms with E-state index in [9.17, 15) is 9.59 Å². The standard InChI is InChI=1S/C14H17N3O4/c1-8(18)7-16-14(20)17-9-5-11(13(19)21-2)10-3-4-15-12(10)6-9/h3-6,8,15,18H,7H2,1-2H3,(H2,16,17,20)/t8-/m1/s1. The zero-order valence-corrected chi connectivity index (χ0v) is 11.8. The fraction of sp³-hybridized carbons (Fsp3) is 0.286. The number of aromatic nitrogens is 1. The van der Waals surface area contributed by atoms with E-state index < -0.39 is 18.1 Å². The molecule has 0 bridgehead atoms. The first-order chi connectivity index (χ1) is 10.0. The zero-order valence-electron chi connectivity index (χ0n) is 11.8. The highest BCUT2D eigenvalue weighted by molar-refractivity contribution is 6.06. The first-order valence-corrected chi connectivity index (χ1v) is 6.43. The van der Waals surface area contributed by atoms with Crippen molar-refractivity contribution < 1.29 is 19.4 Å². The molecule has 2 rings (SSSR count). The van der Waals surface area contributed by atoms with E-state index in [4.69, 9.17) is 9.84 Å². The molecule has 1 aromatic heterocycles. The molecule has 1 atom stereocenters. The summed E-state index contributed by atoms with van der Waals surface area (Å²) in [5, 5.41) is 15.0. The number of nitrogens with one attached hydrogen (secondary N) is 3. The topological polar surface area (TPSA) is 103 Å². The third kappa shape index (κ3) is 3.51. The average molecular weight is 291 g/mol. The van der Waals surface area contributed by atoms with Crippen LogP contribution in [0.5, 0.6) is 0 Å². The van der Waals surface area contributed by atoms with Crippen LogP contribution in [0.25, 0.3) is 10.9 Å². The van der Waals surface area contributed by atoms with Crippen molar-refractivity contribution in [1.29, 1.82) is 0 Å². The van der Waals surface area contributed by atoms with Crippen molar-refractivity contribution in [3.8, 4) is 0 Å². The number of aliphatic hydroxyl groups is 1. The molecule has 0 saturated carbocycles. The molecule has 1 heterocycles. The van der Waals surface area contributed by atoms with E-state index in [2.05, 4.69) is 15.6 Å². The molecule has 0 aliphatic rings. The van der Waals surface area contributed by atoms with Crippen LogP contribution < -0.4 is 10.6 Å². The van der Waals surface area contributed by atoms with Crippen molar-refractivity contribution >= 4 is 28.6 Å². The second-order valence-corrected chi connectivity index (χ2v) is 4.64. The smallest absolute Gasteiger partial charge is 0.338 e. The normalized spacial score (nSPS) is 12.0. The quantitative estimate of drug-likeness (QED) is 0.640. The lowest BCUT2D eigenvalue weighted by Gasteiger charge is -2.10. The Labute approximate surface area is 121 Å². The Morgan fingerprint density at radius 3 is 2.86 bits per heavy atom. The van der Waals surface area contributed by atoms with Crippen LogP contribution in [-0.2, 0) is 4.74 Å². The number of carbonyl (C=O) groups is 2. The minimum atomic E-state index is -0.632. The molecule has 0 aliphatic carbocycles. The molecule has 0 unspecified atom stereocenters. The highest BCUT2D eigenvalue weighted by atomic mass is 16.5. The Hall–Kier alpha value is -2.54. The number of urea groups is 1. The summed E-state index contributed by atoms with van der Waals surface area (Å²) in [4.78, 5) is 26.4. The molecule has 2 aromatic rings. The van der Waals surface area contributed by atoms with Gasteiger partial charge in [-0.15, -0.1) is 0 Å². The Bertz CT molecular complexity index is 663. The van der Waals surface area contributed by atoms with E-state index in [-0.39, 0.29) is 6.54 Å². The summed E-state index contributed by atoms with van der Waals surface area (Å²) in [6.07, 6.45) is 1.07. The number of aromatic amines is 1. The Balaban J connectivity index is 2.24. The second-order valence-electron chi connectivity index (χ2n) is 4.64. The monoisotopic (exact) mass is 291 g/mol. The van der Waals surface area contributed by atoms with Crippen LogP contribution in [0.15, 0.2) is 24.4 Å². The van der Waals surface area contributed by atoms with Gasteiger partial charge in [-0.1, -0.05) is 0 Å². The lowest BCUT2D eigenvalue weighted by molar-refractivity contribution is 0.0603. The largest absolute Gasteiger partial charge is 0.465 e. The number of amides is 2. The highest BCUT2D eigenvalue weighted by Gasteiger charge is 2.14. The highest BCUT2D eigenvalue weighted by Crippen LogP contribution is 2.23. The van der Waals surface area contributed by atoms with Gasteiger partial charge in [0.15, 0.2) is 0 Å². The molecule has 0 radical (unpaired) electrons. The van der Waals surface area contributed by atoms with Crippen LogP contribution in [0.1, 0.15) is 17.3 Å². The third-order valence-electron chi connectivity index (χ3n) is 2.89. The minimum absolute atomic E-state index is 0.139. The van der Waals surface area contributed by atoms with Gasteiger partial charge in [0.1, 0.15) is 0 Å². The van der Waals surface area contributed by atoms with Crippen molar-refractivity contribution in [2.24, 2.45) is 0 Å². The van der Waals surface area contributed by atoms with Crippen molar-refractivity contribution in [1.82, 2.24) is 10.3 Å². The van der Waals surface area contributed by atoms with Crippen LogP contribution in [0.4, 0.5) is 10.5 Å². The molecule has 7 heteroatoms. The Kier molecular flexibility index (Phi) is 4.44. The van der Waals surface area contributed by atoms with Crippen molar-refractivity contribution in [2.75, 3.05) is 19.0 Å². The summed E-state index contributed by atoms with van der Waals surface area (Å²) < 4.78 is 4.74. The van der Waals surface area contributed by atoms with Gasteiger partial charge in [-0.2, -0.15) is 0 Å². The van der Waals surface area contributed by atoms with Gasteiger partial charge < -0.3 is 25.5 Å². The maximum absolute atomic E-state index is 11.8. The third-order valence-corrected chi connectivity index (χ3v) is 2.89. The van der Waals surface area contributed by atoms with Crippen LogP contribution in [0.3, 0.4) is 0 Å². The molecule has 2 amide bonds. The fourth-order valence-electron chi connectivity index (χ4n) is 1.93. The molecule has 0 aliphatic heterocycles. The first kappa shape index (κ1) is 14.9. The molecule has 0 spiro atoms. The number of rotatable bonds is 4. The fourth-order valence-corrected chi connectivity index (χ4v) is 1.93. The number of esters is 1. The summed E-state index contributed by atoms with van der Waals surface area (Å²) in [7, 11) is 1.30. The van der Waals surface area contributed by atoms with Gasteiger partial charge in [-0.05, 0) is 25.1 Å². The van der Waals surface area contributed by atoms with E-state index >= 15 is 0 Å². The summed E-state index contributed by atoms with van der Waals surface area (Å²) in [5.74, 6) is -0.479. The van der Waals surface area contributed by atoms with Gasteiger partial charge in [0.2, 0.25) is 0 Å². The summed E-state index contributed by atoms with van der Waals surface area (Å²) in [5.41, 5.74) is 1.53. The van der Waals surface area contributed by atoms with Crippen LogP contribution in [-0.4, -0.2) is 41.8 Å². The van der Waals surface area contributed by atoms with Crippen LogP contribution in [0.2, 0.25) is 0 Å². The van der Waals surface area contributed by atoms with E-state index in [1.165, 1.54) is 7.11 Å². The molecule has 1 aromatic carbocycles. The van der Waals surface area contributed by atoms with Crippen molar-refractivity contribution in [3.63, 3.8) is 0 Å². The molecule has 21 heavy (non-hydrogen) atoms. The first-order valence-electron chi connectivity index (χ1n) is 6.43. The molecule has 7 nitrogen and oxygen atoms in total. The van der Waals surface area contributed by atoms with E-state index in [1.54, 1.807) is 31.3 Å². The predicted molar refractivity (Wildman–Crippen MR) is 78.3 cm³/mol. The van der Waals surface area contributed by atoms with E-state index in [0.29, 0.717) is 16.8 Å². The number of benzene rings is 1. The number of methoxy groups -OCH3 is 1. The van der Waals surface area contributed by atoms with Crippen LogP contribution in [0, 0.1) is 0 Å². The number of hydrogen-bond donors (Lipinski definition) is 4. The number of fused-ring (bicyclic) bond motifs is 1. The molecule has 0 saturated heterocycles. The second kappa shape index (κ2) is 6.27. The summed E-state index contributed by atoms with van der Waals surface area (Å²) >= 11 is 0. The molecule has 112 valence electrons. The lowest BCUT2D eigenvalue weighted by atomic mass is 10.1. The lowest BCUT2D eigenvalue weighted by Crippen LogP contribution is -2.34. The van der Waals surface area contributed by atoms with Crippen molar-refractivity contribution in [2.45, 2.75) is 13.0 Å². The van der Waals surface area contributed by atoms with Crippen LogP contribution >= 0.6 is 0 Å². The summed E-state index contributed by atoms with van der Waals surface area (Å²) in [6.45, 7) is 1.71. The van der Waals surface area contributed by atoms with Gasteiger partial charge in [0, 0.05) is 29.3 Å². The number of ether oxygens (including phenoxy) is 1. The van der Waals surface area contributed by atoms with Gasteiger partial charge in [0.25, 0.3) is 0 Å². The molecule has 0 fully saturated rings. The Morgan fingerprint density at radius 1 is 1.43 bits per heavy atom. The van der Waals surface area contributed by atoms with Gasteiger partial charge >= 0.3 is 12.0 Å². The number of aliphatic hydroxyl groups excluding tert-OH is 1. The SMILES string of the molecule is COC(=O)c1cc(NC(=O)NC[C@@H](C)O)cc2[nH]ccc12. The molecular formula is C14H17N3O4. The van der Waals surface area contributed by atoms with Crippen molar-refractivity contribution in [3.05, 3.63) is 30.0 Å². The molecule has 4 N–H and O–H groups in total. The van der Waals surface area contributed by atoms with E-state index in [0.717, 1.165) is 5.39 Å². The number of anilines is 1. The summed E-state index contributed by atoms with van der Waals surface area (Å²) in [6, 6.07) is 4.56. The number of H-pyrrole nitrogens is 1. The maximum Gasteiger partial charge on any atom is 0.338 e. The zero-order chi connectivity index (χ0) is 15.4. The molecular weight excluding hydrogens is 274 g/mol. The number of carbonyl (C=O) groups excluding carboxylic acids is 2. The Morgan fingerprint density at radius 2 is 2.19 bits per heavy atom. The van der Waals surface area contributed by atoms with Gasteiger partial charge in [-0.25, -0.2) is 9.59 Å². The maximum atomic E-state index is 11.8. The number of hydrogen-bond acceptors (Lipinski definition) is 4. The minimum Gasteiger partial charge on any atom is -0.465 e. The van der Waals surface area contributed by atoms with Gasteiger partial charge in [-0.3, -0.25) is 0 Å².